The van der Waals surface area contributed by atoms with E-state index in [0.29, 0.717) is 5.41 Å². The molecule has 0 aliphatic carbocycles. The molecule has 0 bridgehead atoms. The minimum Gasteiger partial charge on any atom is -0.330 e. The van der Waals surface area contributed by atoms with Crippen molar-refractivity contribution < 1.29 is 0 Å². The van der Waals surface area contributed by atoms with Crippen LogP contribution in [0.4, 0.5) is 0 Å². The minimum absolute atomic E-state index is 0.361. The Kier molecular flexibility index (Phi) is 4.10. The molecule has 114 valence electrons. The zero-order chi connectivity index (χ0) is 14.7. The van der Waals surface area contributed by atoms with Gasteiger partial charge in [-0.3, -0.25) is 4.68 Å². The summed E-state index contributed by atoms with van der Waals surface area (Å²) >= 11 is 0. The molecule has 1 saturated heterocycles. The van der Waals surface area contributed by atoms with E-state index < -0.39 is 0 Å². The first kappa shape index (κ1) is 14.3. The van der Waals surface area contributed by atoms with E-state index in [2.05, 4.69) is 40.0 Å². The maximum absolute atomic E-state index is 4.43. The minimum atomic E-state index is 0.361. The molecule has 0 unspecified atom stereocenters. The summed E-state index contributed by atoms with van der Waals surface area (Å²) in [4.78, 5) is 4.36. The Hall–Kier alpha value is -1.62. The fourth-order valence-electron chi connectivity index (χ4n) is 3.13. The highest BCUT2D eigenvalue weighted by atomic mass is 15.3. The number of piperidine rings is 1. The lowest BCUT2D eigenvalue weighted by Crippen LogP contribution is -2.37. The van der Waals surface area contributed by atoms with Crippen LogP contribution in [0.1, 0.15) is 33.1 Å². The number of nitrogens with one attached hydrogen (secondary N) is 1. The number of imidazole rings is 1. The van der Waals surface area contributed by atoms with Gasteiger partial charge in [-0.25, -0.2) is 4.98 Å². The number of rotatable bonds is 5. The smallest absolute Gasteiger partial charge is 0.0951 e. The number of nitrogens with zero attached hydrogens (tertiary/aromatic N) is 4. The molecule has 3 heterocycles. The fraction of sp³-hybridized carbons (Fsp3) is 0.625. The summed E-state index contributed by atoms with van der Waals surface area (Å²) < 4.78 is 4.30. The molecule has 2 aromatic rings. The van der Waals surface area contributed by atoms with Gasteiger partial charge in [0, 0.05) is 24.8 Å². The summed E-state index contributed by atoms with van der Waals surface area (Å²) in [6, 6.07) is 0. The van der Waals surface area contributed by atoms with Crippen LogP contribution in [0.15, 0.2) is 24.9 Å². The van der Waals surface area contributed by atoms with Gasteiger partial charge in [0.1, 0.15) is 0 Å². The molecule has 1 aliphatic heterocycles. The summed E-state index contributed by atoms with van der Waals surface area (Å²) in [6.45, 7) is 8.80. The van der Waals surface area contributed by atoms with Crippen molar-refractivity contribution in [3.63, 3.8) is 0 Å². The van der Waals surface area contributed by atoms with Gasteiger partial charge in [-0.15, -0.1) is 0 Å². The molecule has 21 heavy (non-hydrogen) atoms. The Morgan fingerprint density at radius 3 is 2.86 bits per heavy atom. The Balaban J connectivity index is 1.79. The third-order valence-corrected chi connectivity index (χ3v) is 4.46. The van der Waals surface area contributed by atoms with Crippen molar-refractivity contribution in [1.82, 2.24) is 24.6 Å². The second kappa shape index (κ2) is 6.02. The largest absolute Gasteiger partial charge is 0.330 e. The van der Waals surface area contributed by atoms with E-state index in [4.69, 9.17) is 0 Å². The molecule has 0 atom stereocenters. The molecule has 0 saturated carbocycles. The van der Waals surface area contributed by atoms with Gasteiger partial charge in [-0.1, -0.05) is 13.8 Å². The van der Waals surface area contributed by atoms with E-state index in [1.54, 1.807) is 0 Å². The van der Waals surface area contributed by atoms with Crippen molar-refractivity contribution in [2.45, 2.75) is 46.2 Å². The maximum Gasteiger partial charge on any atom is 0.0951 e. The van der Waals surface area contributed by atoms with Crippen molar-refractivity contribution in [3.8, 4) is 11.3 Å². The molecule has 0 radical (unpaired) electrons. The van der Waals surface area contributed by atoms with Crippen molar-refractivity contribution in [1.29, 1.82) is 0 Å². The quantitative estimate of drug-likeness (QED) is 0.919. The van der Waals surface area contributed by atoms with E-state index in [-0.39, 0.29) is 0 Å². The second-order valence-electron chi connectivity index (χ2n) is 6.46. The zero-order valence-electron chi connectivity index (χ0n) is 13.0. The standard InChI is InChI=1S/C16H25N5/c1-3-8-21-11-14(9-19-21)15-10-18-13-20(15)12-16(2)4-6-17-7-5-16/h9-11,13,17H,3-8,12H2,1-2H3. The average molecular weight is 287 g/mol. The van der Waals surface area contributed by atoms with Gasteiger partial charge in [0.05, 0.1) is 24.4 Å². The third-order valence-electron chi connectivity index (χ3n) is 4.46. The zero-order valence-corrected chi connectivity index (χ0v) is 13.0. The predicted octanol–water partition coefficient (Wildman–Crippen LogP) is 2.55. The molecule has 0 aromatic carbocycles. The van der Waals surface area contributed by atoms with Gasteiger partial charge in [-0.2, -0.15) is 5.10 Å². The van der Waals surface area contributed by atoms with Crippen LogP contribution in [-0.2, 0) is 13.1 Å². The van der Waals surface area contributed by atoms with Crippen LogP contribution in [0.5, 0.6) is 0 Å². The van der Waals surface area contributed by atoms with Gasteiger partial charge in [0.25, 0.3) is 0 Å². The van der Waals surface area contributed by atoms with E-state index >= 15 is 0 Å². The van der Waals surface area contributed by atoms with Gasteiger partial charge < -0.3 is 9.88 Å². The van der Waals surface area contributed by atoms with Crippen LogP contribution in [0.25, 0.3) is 11.3 Å². The van der Waals surface area contributed by atoms with Crippen LogP contribution in [0.3, 0.4) is 0 Å². The van der Waals surface area contributed by atoms with Gasteiger partial charge in [-0.05, 0) is 37.8 Å². The van der Waals surface area contributed by atoms with Crippen LogP contribution < -0.4 is 5.32 Å². The Labute approximate surface area is 126 Å². The summed E-state index contributed by atoms with van der Waals surface area (Å²) in [6.07, 6.45) is 11.5. The Morgan fingerprint density at radius 2 is 2.10 bits per heavy atom. The van der Waals surface area contributed by atoms with Crippen LogP contribution in [0.2, 0.25) is 0 Å². The normalized spacial score (nSPS) is 18.0. The van der Waals surface area contributed by atoms with E-state index in [9.17, 15) is 0 Å². The Bertz CT molecular complexity index is 577. The first-order chi connectivity index (χ1) is 10.2. The first-order valence-electron chi connectivity index (χ1n) is 7.94. The molecular weight excluding hydrogens is 262 g/mol. The molecular formula is C16H25N5. The lowest BCUT2D eigenvalue weighted by Gasteiger charge is -2.34. The number of hydrogen-bond acceptors (Lipinski definition) is 3. The maximum atomic E-state index is 4.43. The molecule has 5 heteroatoms. The summed E-state index contributed by atoms with van der Waals surface area (Å²) in [5, 5.41) is 7.88. The fourth-order valence-corrected chi connectivity index (χ4v) is 3.13. The highest BCUT2D eigenvalue weighted by Crippen LogP contribution is 2.31. The molecule has 0 amide bonds. The van der Waals surface area contributed by atoms with Crippen LogP contribution in [-0.4, -0.2) is 32.4 Å². The third kappa shape index (κ3) is 3.18. The number of aryl methyl sites for hydroxylation is 1. The van der Waals surface area contributed by atoms with Crippen molar-refractivity contribution in [2.24, 2.45) is 5.41 Å². The Morgan fingerprint density at radius 1 is 1.29 bits per heavy atom. The number of aromatic nitrogens is 4. The van der Waals surface area contributed by atoms with Gasteiger partial charge >= 0.3 is 0 Å². The first-order valence-corrected chi connectivity index (χ1v) is 7.94. The van der Waals surface area contributed by atoms with Gasteiger partial charge in [0.15, 0.2) is 0 Å². The predicted molar refractivity (Wildman–Crippen MR) is 83.9 cm³/mol. The molecule has 1 aliphatic rings. The van der Waals surface area contributed by atoms with Crippen molar-refractivity contribution in [3.05, 3.63) is 24.9 Å². The molecule has 0 spiro atoms. The summed E-state index contributed by atoms with van der Waals surface area (Å²) in [5.74, 6) is 0. The number of hydrogen-bond donors (Lipinski definition) is 1. The summed E-state index contributed by atoms with van der Waals surface area (Å²) in [5.41, 5.74) is 2.70. The average Bonchev–Trinajstić information content (AvgIpc) is 3.08. The monoisotopic (exact) mass is 287 g/mol. The highest BCUT2D eigenvalue weighted by Gasteiger charge is 2.27. The van der Waals surface area contributed by atoms with Crippen molar-refractivity contribution in [2.75, 3.05) is 13.1 Å². The molecule has 3 rings (SSSR count). The topological polar surface area (TPSA) is 47.7 Å². The van der Waals surface area contributed by atoms with Crippen LogP contribution in [0, 0.1) is 5.41 Å². The highest BCUT2D eigenvalue weighted by molar-refractivity contribution is 5.56. The lowest BCUT2D eigenvalue weighted by atomic mass is 9.81. The molecule has 1 N–H and O–H groups in total. The van der Waals surface area contributed by atoms with E-state index in [1.807, 2.05) is 23.4 Å². The molecule has 5 nitrogen and oxygen atoms in total. The summed E-state index contributed by atoms with van der Waals surface area (Å²) in [7, 11) is 0. The lowest BCUT2D eigenvalue weighted by molar-refractivity contribution is 0.195. The molecule has 2 aromatic heterocycles. The second-order valence-corrected chi connectivity index (χ2v) is 6.46. The SMILES string of the molecule is CCCn1cc(-c2cncn2CC2(C)CCNCC2)cn1. The van der Waals surface area contributed by atoms with Crippen LogP contribution >= 0.6 is 0 Å². The van der Waals surface area contributed by atoms with E-state index in [0.717, 1.165) is 32.6 Å². The van der Waals surface area contributed by atoms with E-state index in [1.165, 1.54) is 24.1 Å². The van der Waals surface area contributed by atoms with Gasteiger partial charge in [0.2, 0.25) is 0 Å². The molecule has 1 fully saturated rings. The van der Waals surface area contributed by atoms with Crippen molar-refractivity contribution >= 4 is 0 Å².